The summed E-state index contributed by atoms with van der Waals surface area (Å²) >= 11 is 0. The number of sulfonamides is 1. The van der Waals surface area contributed by atoms with Gasteiger partial charge in [0, 0.05) is 31.2 Å². The zero-order valence-corrected chi connectivity index (χ0v) is 14.3. The molecule has 2 aliphatic heterocycles. The lowest BCUT2D eigenvalue weighted by molar-refractivity contribution is -0.121. The minimum absolute atomic E-state index is 0.0558. The molecule has 3 rings (SSSR count). The quantitative estimate of drug-likeness (QED) is 0.779. The normalized spacial score (nSPS) is 24.3. The van der Waals surface area contributed by atoms with E-state index < -0.39 is 16.0 Å². The molecule has 2 aliphatic rings. The van der Waals surface area contributed by atoms with Crippen molar-refractivity contribution in [3.63, 3.8) is 0 Å². The molecular weight excluding hydrogens is 334 g/mol. The predicted octanol–water partition coefficient (Wildman–Crippen LogP) is 0.218. The summed E-state index contributed by atoms with van der Waals surface area (Å²) in [7, 11) is -2.62. The smallest absolute Gasteiger partial charge is 0.339 e. The molecule has 9 heteroatoms. The van der Waals surface area contributed by atoms with E-state index in [1.807, 2.05) is 0 Å². The lowest BCUT2D eigenvalue weighted by Gasteiger charge is -2.26. The third-order valence-electron chi connectivity index (χ3n) is 4.55. The number of carbonyl (C=O) groups is 2. The van der Waals surface area contributed by atoms with Crippen LogP contribution in [0.5, 0.6) is 0 Å². The molecule has 0 aromatic carbocycles. The summed E-state index contributed by atoms with van der Waals surface area (Å²) in [5, 5.41) is 2.74. The molecule has 2 atom stereocenters. The van der Waals surface area contributed by atoms with Gasteiger partial charge in [-0.15, -0.1) is 0 Å². The molecular formula is C15H19N3O5S. The molecule has 0 saturated carbocycles. The van der Waals surface area contributed by atoms with Crippen LogP contribution in [0.15, 0.2) is 17.2 Å². The fourth-order valence-electron chi connectivity index (χ4n) is 3.33. The van der Waals surface area contributed by atoms with Crippen LogP contribution >= 0.6 is 0 Å². The van der Waals surface area contributed by atoms with Gasteiger partial charge in [0.05, 0.1) is 18.4 Å². The van der Waals surface area contributed by atoms with Crippen LogP contribution in [-0.4, -0.2) is 55.3 Å². The fourth-order valence-corrected chi connectivity index (χ4v) is 5.17. The highest BCUT2D eigenvalue weighted by Gasteiger charge is 2.45. The highest BCUT2D eigenvalue weighted by molar-refractivity contribution is 7.89. The Hall–Kier alpha value is -2.00. The number of hydrogen-bond donors (Lipinski definition) is 1. The maximum absolute atomic E-state index is 13.1. The monoisotopic (exact) mass is 353 g/mol. The summed E-state index contributed by atoms with van der Waals surface area (Å²) in [5.41, 5.74) is 0.520. The summed E-state index contributed by atoms with van der Waals surface area (Å²) in [5.74, 6) is -0.771. The highest BCUT2D eigenvalue weighted by Crippen LogP contribution is 2.34. The van der Waals surface area contributed by atoms with Crippen molar-refractivity contribution >= 4 is 21.9 Å². The topological polar surface area (TPSA) is 106 Å². The summed E-state index contributed by atoms with van der Waals surface area (Å²) < 4.78 is 32.2. The number of aryl methyl sites for hydroxylation is 1. The van der Waals surface area contributed by atoms with Crippen molar-refractivity contribution in [2.24, 2.45) is 0 Å². The number of nitrogens with zero attached hydrogens (tertiary/aromatic N) is 2. The molecule has 1 amide bonds. The van der Waals surface area contributed by atoms with Gasteiger partial charge in [-0.05, 0) is 25.8 Å². The Morgan fingerprint density at radius 1 is 1.38 bits per heavy atom. The first kappa shape index (κ1) is 16.8. The van der Waals surface area contributed by atoms with Crippen molar-refractivity contribution in [2.45, 2.75) is 43.2 Å². The summed E-state index contributed by atoms with van der Waals surface area (Å²) in [6.07, 6.45) is 2.75. The summed E-state index contributed by atoms with van der Waals surface area (Å²) in [6.45, 7) is 1.92. The molecule has 2 fully saturated rings. The first-order chi connectivity index (χ1) is 11.3. The minimum Gasteiger partial charge on any atom is -0.465 e. The maximum Gasteiger partial charge on any atom is 0.339 e. The first-order valence-corrected chi connectivity index (χ1v) is 9.14. The third-order valence-corrected chi connectivity index (χ3v) is 6.52. The number of amides is 1. The van der Waals surface area contributed by atoms with Crippen LogP contribution in [0.4, 0.5) is 0 Å². The molecule has 3 heterocycles. The largest absolute Gasteiger partial charge is 0.465 e. The van der Waals surface area contributed by atoms with Crippen LogP contribution in [-0.2, 0) is 19.6 Å². The van der Waals surface area contributed by atoms with Crippen molar-refractivity contribution in [2.75, 3.05) is 13.7 Å². The number of aromatic nitrogens is 1. The number of esters is 1. The number of carbonyl (C=O) groups excluding carboxylic acids is 2. The van der Waals surface area contributed by atoms with Gasteiger partial charge in [0.25, 0.3) is 0 Å². The second-order valence-corrected chi connectivity index (χ2v) is 7.87. The van der Waals surface area contributed by atoms with Gasteiger partial charge in [0.1, 0.15) is 4.90 Å². The van der Waals surface area contributed by atoms with Gasteiger partial charge in [-0.3, -0.25) is 9.78 Å². The van der Waals surface area contributed by atoms with E-state index in [9.17, 15) is 18.0 Å². The van der Waals surface area contributed by atoms with E-state index in [-0.39, 0.29) is 34.9 Å². The maximum atomic E-state index is 13.1. The number of pyridine rings is 1. The van der Waals surface area contributed by atoms with Crippen molar-refractivity contribution in [3.05, 3.63) is 23.5 Å². The highest BCUT2D eigenvalue weighted by atomic mass is 32.2. The Kier molecular flexibility index (Phi) is 4.31. The lowest BCUT2D eigenvalue weighted by atomic mass is 10.1. The van der Waals surface area contributed by atoms with E-state index in [0.717, 1.165) is 0 Å². The van der Waals surface area contributed by atoms with Crippen molar-refractivity contribution in [1.29, 1.82) is 0 Å². The summed E-state index contributed by atoms with van der Waals surface area (Å²) in [6, 6.07) is 0.669. The average molecular weight is 353 g/mol. The van der Waals surface area contributed by atoms with Gasteiger partial charge in [-0.2, -0.15) is 4.31 Å². The Bertz CT molecular complexity index is 792. The molecule has 2 bridgehead atoms. The van der Waals surface area contributed by atoms with Gasteiger partial charge in [-0.25, -0.2) is 13.2 Å². The van der Waals surface area contributed by atoms with Crippen molar-refractivity contribution in [3.8, 4) is 0 Å². The van der Waals surface area contributed by atoms with E-state index >= 15 is 0 Å². The molecule has 1 aromatic heterocycles. The number of ether oxygens (including phenoxy) is 1. The fraction of sp³-hybridized carbons (Fsp3) is 0.533. The molecule has 2 unspecified atom stereocenters. The van der Waals surface area contributed by atoms with Gasteiger partial charge < -0.3 is 10.1 Å². The van der Waals surface area contributed by atoms with Gasteiger partial charge >= 0.3 is 5.97 Å². The lowest BCUT2D eigenvalue weighted by Crippen LogP contribution is -2.42. The predicted molar refractivity (Wildman–Crippen MR) is 83.8 cm³/mol. The van der Waals surface area contributed by atoms with E-state index in [0.29, 0.717) is 25.1 Å². The van der Waals surface area contributed by atoms with E-state index in [1.165, 1.54) is 23.7 Å². The number of methoxy groups -OCH3 is 1. The number of rotatable bonds is 3. The Balaban J connectivity index is 2.02. The van der Waals surface area contributed by atoms with Crippen LogP contribution in [0.25, 0.3) is 0 Å². The summed E-state index contributed by atoms with van der Waals surface area (Å²) in [4.78, 5) is 27.5. The molecule has 8 nitrogen and oxygen atoms in total. The minimum atomic E-state index is -3.85. The SMILES string of the molecule is COC(=O)c1cc(S(=O)(=O)N2C3CCC2CC(=O)NC3)cnc1C. The molecule has 24 heavy (non-hydrogen) atoms. The van der Waals surface area contributed by atoms with Crippen LogP contribution in [0.2, 0.25) is 0 Å². The van der Waals surface area contributed by atoms with Crippen molar-refractivity contribution < 1.29 is 22.7 Å². The molecule has 1 aromatic rings. The Labute approximate surface area is 140 Å². The molecule has 0 spiro atoms. The van der Waals surface area contributed by atoms with Crippen LogP contribution in [0.1, 0.15) is 35.3 Å². The van der Waals surface area contributed by atoms with Gasteiger partial charge in [-0.1, -0.05) is 0 Å². The van der Waals surface area contributed by atoms with Crippen LogP contribution in [0.3, 0.4) is 0 Å². The van der Waals surface area contributed by atoms with Gasteiger partial charge in [0.15, 0.2) is 0 Å². The Morgan fingerprint density at radius 2 is 2.08 bits per heavy atom. The second-order valence-electron chi connectivity index (χ2n) is 6.02. The van der Waals surface area contributed by atoms with Crippen LogP contribution in [0, 0.1) is 6.92 Å². The molecule has 0 radical (unpaired) electrons. The molecule has 2 saturated heterocycles. The second kappa shape index (κ2) is 6.14. The van der Waals surface area contributed by atoms with Crippen molar-refractivity contribution in [1.82, 2.24) is 14.6 Å². The van der Waals surface area contributed by atoms with E-state index in [2.05, 4.69) is 15.0 Å². The first-order valence-electron chi connectivity index (χ1n) is 7.69. The number of hydrogen-bond acceptors (Lipinski definition) is 6. The van der Waals surface area contributed by atoms with Crippen LogP contribution < -0.4 is 5.32 Å². The van der Waals surface area contributed by atoms with E-state index in [4.69, 9.17) is 0 Å². The number of fused-ring (bicyclic) bond motifs is 2. The zero-order chi connectivity index (χ0) is 17.5. The average Bonchev–Trinajstić information content (AvgIpc) is 2.86. The molecule has 1 N–H and O–H groups in total. The number of nitrogens with one attached hydrogen (secondary N) is 1. The Morgan fingerprint density at radius 3 is 2.79 bits per heavy atom. The third kappa shape index (κ3) is 2.78. The zero-order valence-electron chi connectivity index (χ0n) is 13.5. The van der Waals surface area contributed by atoms with E-state index in [1.54, 1.807) is 6.92 Å². The molecule has 130 valence electrons. The molecule has 0 aliphatic carbocycles. The van der Waals surface area contributed by atoms with Gasteiger partial charge in [0.2, 0.25) is 15.9 Å². The standard InChI is InChI=1S/C15H19N3O5S/c1-9-13(15(20)23-2)6-12(8-16-9)24(21,22)18-10-3-4-11(18)7-17-14(19)5-10/h6,8,10-11H,3-5,7H2,1-2H3,(H,17,19).